The van der Waals surface area contributed by atoms with Crippen molar-refractivity contribution in [2.75, 3.05) is 46.2 Å². The molecule has 0 amide bonds. The van der Waals surface area contributed by atoms with Gasteiger partial charge in [0.05, 0.1) is 57.8 Å². The second-order valence-electron chi connectivity index (χ2n) is 34.3. The highest BCUT2D eigenvalue weighted by molar-refractivity contribution is 5.79. The molecule has 7 aliphatic heterocycles. The molecule has 22 N–H and O–H groups in total. The van der Waals surface area contributed by atoms with Crippen LogP contribution in [0.1, 0.15) is 113 Å². The normalized spacial score (nSPS) is 53.8. The number of carbonyl (C=O) groups excluding carboxylic acids is 1. The average molecular weight is 1560 g/mol. The lowest BCUT2D eigenvalue weighted by Crippen LogP contribution is -2.68. The highest BCUT2D eigenvalue weighted by Crippen LogP contribution is 2.76. The first-order valence-corrected chi connectivity index (χ1v) is 37.8. The maximum atomic E-state index is 15.3. The maximum absolute atomic E-state index is 15.3. The van der Waals surface area contributed by atoms with E-state index in [2.05, 4.69) is 54.5 Å². The lowest BCUT2D eigenvalue weighted by molar-refractivity contribution is -0.398. The fraction of sp³-hybridized carbons (Fsp3) is 0.958. The number of carbonyl (C=O) groups is 1. The monoisotopic (exact) mass is 1560 g/mol. The van der Waals surface area contributed by atoms with Crippen molar-refractivity contribution in [3.63, 3.8) is 0 Å². The first kappa shape index (κ1) is 85.2. The first-order chi connectivity index (χ1) is 50.8. The molecule has 7 heterocycles. The molecule has 11 fully saturated rings. The van der Waals surface area contributed by atoms with Crippen LogP contribution in [0.5, 0.6) is 0 Å². The number of hydrogen-bond acceptors (Lipinski definition) is 37. The number of esters is 1. The Morgan fingerprint density at radius 3 is 1.36 bits per heavy atom. The van der Waals surface area contributed by atoms with Crippen molar-refractivity contribution in [3.05, 3.63) is 11.6 Å². The van der Waals surface area contributed by atoms with Gasteiger partial charge in [-0.15, -0.1) is 0 Å². The quantitative estimate of drug-likeness (QED) is 0.0306. The van der Waals surface area contributed by atoms with E-state index < -0.39 is 289 Å². The molecule has 37 heteroatoms. The standard InChI is InChI=1S/C71H116O37/c1-66(2)14-16-71(65(94)108-62-53(92)48(87)42(81)34(103-62)25-97-59-50(89)45(84)39(78)30(20-73)99-59)17-15-69(6)26(27(71)18-66)8-9-36-68(5)12-11-37(67(3,4)35(68)10-13-70(36,69)7)104-64-57(107-61-52(91)47(86)41(80)33(102-61)24-96-58-49(88)44(83)38(77)29(19-72)98-58)55(28(76)23-95-64)105-63-54(93)56(43(82)32(22-75)101-63)106-60-51(90)46(85)40(79)31(21-74)100-60/h8,27-64,72-93H,9-25H2,1-7H3. The highest BCUT2D eigenvalue weighted by atomic mass is 16.8. The summed E-state index contributed by atoms with van der Waals surface area (Å²) >= 11 is 0. The van der Waals surface area contributed by atoms with E-state index in [1.165, 1.54) is 0 Å². The van der Waals surface area contributed by atoms with Gasteiger partial charge in [0.2, 0.25) is 6.29 Å². The molecule has 0 radical (unpaired) electrons. The zero-order valence-electron chi connectivity index (χ0n) is 61.5. The third-order valence-corrected chi connectivity index (χ3v) is 27.3. The Kier molecular flexibility index (Phi) is 25.8. The molecule has 0 spiro atoms. The molecular weight excluding hydrogens is 1440 g/mol. The van der Waals surface area contributed by atoms with Crippen molar-refractivity contribution in [2.24, 2.45) is 50.2 Å². The lowest BCUT2D eigenvalue weighted by Gasteiger charge is -2.71. The van der Waals surface area contributed by atoms with Gasteiger partial charge in [0, 0.05) is 0 Å². The van der Waals surface area contributed by atoms with Crippen molar-refractivity contribution in [1.82, 2.24) is 0 Å². The molecule has 7 saturated heterocycles. The van der Waals surface area contributed by atoms with Gasteiger partial charge in [-0.2, -0.15) is 0 Å². The minimum absolute atomic E-state index is 0.0468. The molecule has 42 atom stereocenters. The second-order valence-corrected chi connectivity index (χ2v) is 34.3. The molecule has 0 aromatic rings. The largest absolute Gasteiger partial charge is 0.432 e. The minimum atomic E-state index is -2.14. The van der Waals surface area contributed by atoms with Crippen molar-refractivity contribution in [3.8, 4) is 0 Å². The number of ether oxygens (including phenoxy) is 14. The Hall–Kier alpha value is -2.19. The van der Waals surface area contributed by atoms with Gasteiger partial charge in [-0.05, 0) is 109 Å². The Bertz CT molecular complexity index is 3040. The van der Waals surface area contributed by atoms with Crippen LogP contribution in [0.25, 0.3) is 0 Å². The predicted molar refractivity (Wildman–Crippen MR) is 355 cm³/mol. The van der Waals surface area contributed by atoms with Crippen molar-refractivity contribution >= 4 is 5.97 Å². The smallest absolute Gasteiger partial charge is 0.315 e. The molecular formula is C71H116O37. The van der Waals surface area contributed by atoms with E-state index >= 15 is 4.79 Å². The molecule has 108 heavy (non-hydrogen) atoms. The molecule has 12 aliphatic rings. The number of allylic oxidation sites excluding steroid dienone is 2. The SMILES string of the molecule is CC1(C)CCC2(C(=O)OC3OC(COC4OC(CO)C(O)C(O)C4O)C(O)C(O)C3O)CCC3(C)C(=CCC4C5(C)CCC(OC6OCC(O)C(OC7OC(CO)C(O)C(OC8OC(CO)C(O)C(O)C8O)C7O)C6OC6OC(COC7OC(CO)C(O)C(O)C7O)C(O)C(O)C6O)C(C)(C)C5CCC43C)C2C1. The Morgan fingerprint density at radius 1 is 0.417 bits per heavy atom. The van der Waals surface area contributed by atoms with Gasteiger partial charge in [0.15, 0.2) is 37.7 Å². The van der Waals surface area contributed by atoms with Crippen LogP contribution in [0.3, 0.4) is 0 Å². The summed E-state index contributed by atoms with van der Waals surface area (Å²) < 4.78 is 84.3. The van der Waals surface area contributed by atoms with Crippen molar-refractivity contribution < 1.29 is 183 Å². The first-order valence-electron chi connectivity index (χ1n) is 37.8. The summed E-state index contributed by atoms with van der Waals surface area (Å²) in [5, 5.41) is 239. The topological polar surface area (TPSA) is 591 Å². The van der Waals surface area contributed by atoms with Gasteiger partial charge in [0.1, 0.15) is 165 Å². The Balaban J connectivity index is 0.793. The Labute approximate surface area is 623 Å². The summed E-state index contributed by atoms with van der Waals surface area (Å²) in [5.41, 5.74) is -2.21. The van der Waals surface area contributed by atoms with Crippen LogP contribution in [-0.4, -0.2) is 380 Å². The van der Waals surface area contributed by atoms with Gasteiger partial charge in [-0.1, -0.05) is 60.1 Å². The highest BCUT2D eigenvalue weighted by Gasteiger charge is 2.71. The molecule has 5 aliphatic carbocycles. The van der Waals surface area contributed by atoms with Gasteiger partial charge in [-0.3, -0.25) is 4.79 Å². The summed E-state index contributed by atoms with van der Waals surface area (Å²) in [6, 6.07) is 0. The van der Waals surface area contributed by atoms with Crippen LogP contribution in [0.2, 0.25) is 0 Å². The number of aliphatic hydroxyl groups is 22. The third-order valence-electron chi connectivity index (χ3n) is 27.3. The van der Waals surface area contributed by atoms with E-state index in [9.17, 15) is 112 Å². The molecule has 0 aromatic heterocycles. The molecule has 0 bridgehead atoms. The van der Waals surface area contributed by atoms with Gasteiger partial charge in [0.25, 0.3) is 0 Å². The van der Waals surface area contributed by atoms with E-state index in [0.29, 0.717) is 57.8 Å². The summed E-state index contributed by atoms with van der Waals surface area (Å²) in [4.78, 5) is 15.3. The van der Waals surface area contributed by atoms with Crippen LogP contribution >= 0.6 is 0 Å². The average Bonchev–Trinajstić information content (AvgIpc) is 0.674. The number of hydrogen-bond donors (Lipinski definition) is 22. The zero-order chi connectivity index (χ0) is 78.7. The molecule has 12 rings (SSSR count). The predicted octanol–water partition coefficient (Wildman–Crippen LogP) is -7.92. The molecule has 0 aromatic carbocycles. The van der Waals surface area contributed by atoms with Crippen LogP contribution in [0.15, 0.2) is 11.6 Å². The number of fused-ring (bicyclic) bond motifs is 7. The van der Waals surface area contributed by atoms with E-state index in [1.54, 1.807) is 0 Å². The third kappa shape index (κ3) is 15.1. The molecule has 622 valence electrons. The van der Waals surface area contributed by atoms with Gasteiger partial charge >= 0.3 is 5.97 Å². The minimum Gasteiger partial charge on any atom is -0.432 e. The summed E-state index contributed by atoms with van der Waals surface area (Å²) in [7, 11) is 0. The van der Waals surface area contributed by atoms with E-state index in [0.717, 1.165) is 12.0 Å². The second kappa shape index (κ2) is 32.7. The van der Waals surface area contributed by atoms with E-state index in [1.807, 2.05) is 0 Å². The van der Waals surface area contributed by atoms with Crippen LogP contribution in [0, 0.1) is 50.2 Å². The van der Waals surface area contributed by atoms with Crippen LogP contribution < -0.4 is 0 Å². The van der Waals surface area contributed by atoms with E-state index in [-0.39, 0.29) is 28.6 Å². The Morgan fingerprint density at radius 2 is 0.843 bits per heavy atom. The fourth-order valence-corrected chi connectivity index (χ4v) is 20.5. The number of aliphatic hydroxyl groups excluding tert-OH is 22. The summed E-state index contributed by atoms with van der Waals surface area (Å²) in [6.07, 6.45) is -54.4. The van der Waals surface area contributed by atoms with Crippen LogP contribution in [-0.2, 0) is 71.1 Å². The van der Waals surface area contributed by atoms with Gasteiger partial charge in [-0.25, -0.2) is 0 Å². The number of rotatable bonds is 20. The van der Waals surface area contributed by atoms with Crippen LogP contribution in [0.4, 0.5) is 0 Å². The molecule has 37 nitrogen and oxygen atoms in total. The summed E-state index contributed by atoms with van der Waals surface area (Å²) in [6.45, 7) is 10.1. The van der Waals surface area contributed by atoms with Crippen molar-refractivity contribution in [1.29, 1.82) is 0 Å². The molecule has 42 unspecified atom stereocenters. The van der Waals surface area contributed by atoms with Gasteiger partial charge < -0.3 is 179 Å². The lowest BCUT2D eigenvalue weighted by atomic mass is 9.33. The fourth-order valence-electron chi connectivity index (χ4n) is 20.5. The molecule has 4 saturated carbocycles. The maximum Gasteiger partial charge on any atom is 0.315 e. The zero-order valence-corrected chi connectivity index (χ0v) is 61.5. The van der Waals surface area contributed by atoms with E-state index in [4.69, 9.17) is 66.3 Å². The van der Waals surface area contributed by atoms with Crippen molar-refractivity contribution in [2.45, 2.75) is 328 Å². The summed E-state index contributed by atoms with van der Waals surface area (Å²) in [5.74, 6) is -1.03.